The molecule has 2 aliphatic heterocycles. The van der Waals surface area contributed by atoms with E-state index in [2.05, 4.69) is 0 Å². The monoisotopic (exact) mass is 456 g/mol. The quantitative estimate of drug-likeness (QED) is 0.253. The number of benzene rings is 2. The summed E-state index contributed by atoms with van der Waals surface area (Å²) in [5, 5.41) is 41.4. The number of carbonyl (C=O) groups excluding carboxylic acids is 3. The molecule has 0 fully saturated rings. The lowest BCUT2D eigenvalue weighted by atomic mass is 9.84. The number of amides is 3. The normalized spacial score (nSPS) is 17.8. The molecule has 2 aliphatic rings. The highest BCUT2D eigenvalue weighted by Crippen LogP contribution is 2.42. The Hall–Kier alpha value is -2.85. The molecular weight excluding hydrogens is 428 g/mol. The molecule has 4 rings (SSSR count). The van der Waals surface area contributed by atoms with Gasteiger partial charge in [0.25, 0.3) is 23.6 Å². The van der Waals surface area contributed by atoms with Gasteiger partial charge in [0.05, 0.1) is 12.6 Å². The van der Waals surface area contributed by atoms with Crippen LogP contribution in [-0.2, 0) is 5.91 Å². The van der Waals surface area contributed by atoms with Crippen molar-refractivity contribution < 1.29 is 34.8 Å². The van der Waals surface area contributed by atoms with Gasteiger partial charge in [-0.05, 0) is 43.9 Å². The molecule has 0 spiro atoms. The number of imide groups is 1. The van der Waals surface area contributed by atoms with Crippen molar-refractivity contribution in [3.63, 3.8) is 0 Å². The summed E-state index contributed by atoms with van der Waals surface area (Å²) in [7, 11) is 0. The molecule has 1 atom stereocenters. The summed E-state index contributed by atoms with van der Waals surface area (Å²) in [6, 6.07) is 5.77. The Labute approximate surface area is 190 Å². The number of nitrogens with zero attached hydrogens (tertiary/aromatic N) is 2. The second kappa shape index (κ2) is 8.83. The van der Waals surface area contributed by atoms with Gasteiger partial charge in [0.2, 0.25) is 0 Å². The van der Waals surface area contributed by atoms with E-state index in [1.165, 1.54) is 24.3 Å². The van der Waals surface area contributed by atoms with Gasteiger partial charge >= 0.3 is 0 Å². The summed E-state index contributed by atoms with van der Waals surface area (Å²) in [5.74, 6) is -4.40. The van der Waals surface area contributed by atoms with Crippen LogP contribution >= 0.6 is 0 Å². The Balaban J connectivity index is 1.79. The molecular formula is C24H28N2O7. The van der Waals surface area contributed by atoms with E-state index in [1.54, 1.807) is 0 Å². The lowest BCUT2D eigenvalue weighted by molar-refractivity contribution is -0.256. The number of hydrogen-bond acceptors (Lipinski definition) is 7. The third-order valence-electron chi connectivity index (χ3n) is 6.38. The Bertz CT molecular complexity index is 1110. The van der Waals surface area contributed by atoms with Crippen molar-refractivity contribution in [2.24, 2.45) is 0 Å². The van der Waals surface area contributed by atoms with Crippen LogP contribution in [0.15, 0.2) is 24.3 Å². The highest BCUT2D eigenvalue weighted by atomic mass is 16.5. The zero-order valence-corrected chi connectivity index (χ0v) is 18.5. The summed E-state index contributed by atoms with van der Waals surface area (Å²) >= 11 is 0. The lowest BCUT2D eigenvalue weighted by Gasteiger charge is -2.41. The summed E-state index contributed by atoms with van der Waals surface area (Å²) in [6.45, 7) is 1.83. The first kappa shape index (κ1) is 23.3. The Morgan fingerprint density at radius 3 is 2.09 bits per heavy atom. The maximum Gasteiger partial charge on any atom is 0.278 e. The number of aliphatic hydroxyl groups is 4. The van der Waals surface area contributed by atoms with Crippen molar-refractivity contribution in [2.75, 3.05) is 19.7 Å². The lowest BCUT2D eigenvalue weighted by Crippen LogP contribution is -2.53. The molecule has 176 valence electrons. The third-order valence-corrected chi connectivity index (χ3v) is 6.38. The molecule has 0 saturated carbocycles. The molecule has 0 aromatic heterocycles. The molecule has 2 aromatic carbocycles. The maximum absolute atomic E-state index is 13.2. The van der Waals surface area contributed by atoms with Crippen LogP contribution in [0.2, 0.25) is 0 Å². The van der Waals surface area contributed by atoms with Crippen LogP contribution < -0.4 is 0 Å². The van der Waals surface area contributed by atoms with Gasteiger partial charge in [0, 0.05) is 46.2 Å². The number of rotatable bonds is 9. The standard InChI is InChI=1S/C24H28N2O7/c1-2-6-14(28)13-25-21(29)15-7-8-17-20-18(10-9-16(19(15)20)22(25)30)24(32,33)26(23(17)31)11-4-3-5-12-27/h7-10,14,27-28,32-33H,2-6,11-13H2,1H3. The van der Waals surface area contributed by atoms with E-state index in [0.717, 1.165) is 9.80 Å². The van der Waals surface area contributed by atoms with Crippen molar-refractivity contribution >= 4 is 28.5 Å². The topological polar surface area (TPSA) is 139 Å². The van der Waals surface area contributed by atoms with Gasteiger partial charge in [-0.1, -0.05) is 19.4 Å². The molecule has 33 heavy (non-hydrogen) atoms. The molecule has 1 unspecified atom stereocenters. The second-order valence-corrected chi connectivity index (χ2v) is 8.61. The fourth-order valence-electron chi connectivity index (χ4n) is 4.74. The minimum atomic E-state index is -2.61. The first-order chi connectivity index (χ1) is 15.7. The highest BCUT2D eigenvalue weighted by Gasteiger charge is 2.46. The summed E-state index contributed by atoms with van der Waals surface area (Å²) in [5.41, 5.74) is 0.564. The fraction of sp³-hybridized carbons (Fsp3) is 0.458. The average molecular weight is 456 g/mol. The molecule has 4 N–H and O–H groups in total. The van der Waals surface area contributed by atoms with Crippen molar-refractivity contribution in [1.82, 2.24) is 9.80 Å². The minimum absolute atomic E-state index is 0.0135. The van der Waals surface area contributed by atoms with Crippen molar-refractivity contribution in [3.05, 3.63) is 46.5 Å². The van der Waals surface area contributed by atoms with Gasteiger partial charge in [0.1, 0.15) is 0 Å². The van der Waals surface area contributed by atoms with Gasteiger partial charge in [-0.2, -0.15) is 0 Å². The van der Waals surface area contributed by atoms with Crippen LogP contribution in [-0.4, -0.2) is 73.7 Å². The van der Waals surface area contributed by atoms with Crippen LogP contribution in [0.1, 0.15) is 75.7 Å². The number of hydrogen-bond donors (Lipinski definition) is 4. The van der Waals surface area contributed by atoms with E-state index in [4.69, 9.17) is 5.11 Å². The molecule has 3 amide bonds. The van der Waals surface area contributed by atoms with Crippen LogP contribution in [0.25, 0.3) is 10.8 Å². The average Bonchev–Trinajstić information content (AvgIpc) is 2.78. The first-order valence-electron chi connectivity index (χ1n) is 11.3. The predicted octanol–water partition coefficient (Wildman–Crippen LogP) is 1.31. The van der Waals surface area contributed by atoms with Gasteiger partial charge in [-0.3, -0.25) is 24.2 Å². The highest BCUT2D eigenvalue weighted by molar-refractivity contribution is 6.28. The number of aliphatic hydroxyl groups excluding tert-OH is 2. The smallest absolute Gasteiger partial charge is 0.278 e. The van der Waals surface area contributed by atoms with Crippen LogP contribution in [0.3, 0.4) is 0 Å². The number of unbranched alkanes of at least 4 members (excludes halogenated alkanes) is 2. The summed E-state index contributed by atoms with van der Waals surface area (Å²) in [4.78, 5) is 41.5. The van der Waals surface area contributed by atoms with Gasteiger partial charge in [0.15, 0.2) is 0 Å². The zero-order valence-electron chi connectivity index (χ0n) is 18.5. The molecule has 0 aliphatic carbocycles. The zero-order chi connectivity index (χ0) is 23.9. The molecule has 2 aromatic rings. The molecule has 0 radical (unpaired) electrons. The van der Waals surface area contributed by atoms with Gasteiger partial charge in [-0.15, -0.1) is 0 Å². The minimum Gasteiger partial charge on any atom is -0.396 e. The van der Waals surface area contributed by atoms with Gasteiger partial charge in [-0.25, -0.2) is 0 Å². The Morgan fingerprint density at radius 1 is 0.879 bits per heavy atom. The SMILES string of the molecule is CCCC(O)CN1C(=O)c2ccc3c4c(ccc(c24)C1=O)C(O)(O)N(CCCCCO)C3=O. The Morgan fingerprint density at radius 2 is 1.48 bits per heavy atom. The first-order valence-corrected chi connectivity index (χ1v) is 11.3. The van der Waals surface area contributed by atoms with Crippen molar-refractivity contribution in [2.45, 2.75) is 51.0 Å². The maximum atomic E-state index is 13.2. The predicted molar refractivity (Wildman–Crippen MR) is 118 cm³/mol. The van der Waals surface area contributed by atoms with E-state index < -0.39 is 29.7 Å². The third kappa shape index (κ3) is 3.71. The van der Waals surface area contributed by atoms with Crippen LogP contribution in [0.4, 0.5) is 0 Å². The van der Waals surface area contributed by atoms with Crippen molar-refractivity contribution in [3.8, 4) is 0 Å². The molecule has 0 saturated heterocycles. The van der Waals surface area contributed by atoms with E-state index >= 15 is 0 Å². The number of carbonyl (C=O) groups is 3. The van der Waals surface area contributed by atoms with E-state index in [9.17, 15) is 29.7 Å². The second-order valence-electron chi connectivity index (χ2n) is 8.61. The van der Waals surface area contributed by atoms with Crippen LogP contribution in [0.5, 0.6) is 0 Å². The summed E-state index contributed by atoms with van der Waals surface area (Å²) < 4.78 is 0. The Kier molecular flexibility index (Phi) is 6.24. The molecule has 9 heteroatoms. The van der Waals surface area contributed by atoms with Crippen molar-refractivity contribution in [1.29, 1.82) is 0 Å². The van der Waals surface area contributed by atoms with E-state index in [-0.39, 0.29) is 52.7 Å². The van der Waals surface area contributed by atoms with Crippen LogP contribution in [0, 0.1) is 0 Å². The molecule has 2 heterocycles. The van der Waals surface area contributed by atoms with E-state index in [1.807, 2.05) is 6.92 Å². The fourth-order valence-corrected chi connectivity index (χ4v) is 4.74. The van der Waals surface area contributed by atoms with E-state index in [0.29, 0.717) is 32.1 Å². The molecule has 0 bridgehead atoms. The number of β-amino-alcohol motifs (C(OH)–C–C–N with tert-alkyl or cyclic N) is 1. The van der Waals surface area contributed by atoms with Gasteiger partial charge < -0.3 is 20.4 Å². The molecule has 9 nitrogen and oxygen atoms in total. The summed E-state index contributed by atoms with van der Waals surface area (Å²) in [6.07, 6.45) is 1.91. The largest absolute Gasteiger partial charge is 0.396 e.